The third-order valence-corrected chi connectivity index (χ3v) is 2.18. The number of aromatic nitrogens is 2. The van der Waals surface area contributed by atoms with E-state index in [0.29, 0.717) is 6.04 Å². The fourth-order valence-electron chi connectivity index (χ4n) is 1.46. The topological polar surface area (TPSA) is 75.9 Å². The predicted molar refractivity (Wildman–Crippen MR) is 72.3 cm³/mol. The monoisotopic (exact) mass is 237 g/mol. The highest BCUT2D eigenvalue weighted by atomic mass is 15.1. The summed E-state index contributed by atoms with van der Waals surface area (Å²) in [5.41, 5.74) is 5.70. The van der Waals surface area contributed by atoms with Crippen molar-refractivity contribution in [2.24, 2.45) is 5.73 Å². The molecule has 1 heterocycles. The van der Waals surface area contributed by atoms with Crippen LogP contribution in [0, 0.1) is 6.92 Å². The Balaban J connectivity index is 2.62. The zero-order valence-electron chi connectivity index (χ0n) is 11.1. The Morgan fingerprint density at radius 2 is 1.88 bits per heavy atom. The highest BCUT2D eigenvalue weighted by molar-refractivity contribution is 5.47. The van der Waals surface area contributed by atoms with E-state index < -0.39 is 0 Å². The molecule has 5 nitrogen and oxygen atoms in total. The molecule has 1 atom stereocenters. The van der Waals surface area contributed by atoms with Gasteiger partial charge in [-0.2, -0.15) is 0 Å². The summed E-state index contributed by atoms with van der Waals surface area (Å²) in [5.74, 6) is 2.47. The van der Waals surface area contributed by atoms with Crippen LogP contribution in [-0.4, -0.2) is 28.6 Å². The fourth-order valence-corrected chi connectivity index (χ4v) is 1.46. The molecular formula is C12H23N5. The molecule has 17 heavy (non-hydrogen) atoms. The van der Waals surface area contributed by atoms with Gasteiger partial charge in [0.25, 0.3) is 0 Å². The van der Waals surface area contributed by atoms with E-state index in [0.717, 1.165) is 30.4 Å². The quantitative estimate of drug-likeness (QED) is 0.703. The molecule has 4 N–H and O–H groups in total. The van der Waals surface area contributed by atoms with Gasteiger partial charge in [0.05, 0.1) is 0 Å². The van der Waals surface area contributed by atoms with Crippen LogP contribution in [0.15, 0.2) is 6.07 Å². The molecule has 0 aliphatic rings. The normalized spacial score (nSPS) is 12.6. The number of nitrogens with zero attached hydrogens (tertiary/aromatic N) is 2. The van der Waals surface area contributed by atoms with Crippen molar-refractivity contribution < 1.29 is 0 Å². The number of anilines is 2. The average Bonchev–Trinajstić information content (AvgIpc) is 2.14. The number of aryl methyl sites for hydroxylation is 1. The lowest BCUT2D eigenvalue weighted by molar-refractivity contribution is 0.689. The van der Waals surface area contributed by atoms with Gasteiger partial charge in [0.2, 0.25) is 0 Å². The lowest BCUT2D eigenvalue weighted by Crippen LogP contribution is -2.19. The Bertz CT molecular complexity index is 349. The van der Waals surface area contributed by atoms with Gasteiger partial charge in [-0.1, -0.05) is 0 Å². The van der Waals surface area contributed by atoms with E-state index in [-0.39, 0.29) is 6.04 Å². The number of hydrogen-bond donors (Lipinski definition) is 3. The van der Waals surface area contributed by atoms with Crippen molar-refractivity contribution in [1.29, 1.82) is 0 Å². The maximum atomic E-state index is 5.70. The number of hydrogen-bond acceptors (Lipinski definition) is 5. The van der Waals surface area contributed by atoms with E-state index in [1.807, 2.05) is 19.9 Å². The smallest absolute Gasteiger partial charge is 0.131 e. The van der Waals surface area contributed by atoms with E-state index in [2.05, 4.69) is 34.4 Å². The molecule has 0 bridgehead atoms. The zero-order chi connectivity index (χ0) is 12.8. The van der Waals surface area contributed by atoms with Crippen LogP contribution in [-0.2, 0) is 0 Å². The molecule has 0 spiro atoms. The standard InChI is InChI=1S/C12H23N5/c1-8(2)15-12-7-11(16-10(4)17-12)14-6-5-9(3)13/h7-9H,5-6,13H2,1-4H3,(H2,14,15,16,17). The molecule has 0 aliphatic carbocycles. The molecule has 0 amide bonds. The first-order valence-electron chi connectivity index (χ1n) is 6.09. The highest BCUT2D eigenvalue weighted by Gasteiger charge is 2.03. The van der Waals surface area contributed by atoms with Crippen LogP contribution in [0.3, 0.4) is 0 Å². The Labute approximate surface area is 103 Å². The van der Waals surface area contributed by atoms with Gasteiger partial charge in [0, 0.05) is 24.7 Å². The second-order valence-corrected chi connectivity index (χ2v) is 4.68. The summed E-state index contributed by atoms with van der Waals surface area (Å²) in [5, 5.41) is 6.53. The minimum atomic E-state index is 0.207. The van der Waals surface area contributed by atoms with E-state index in [9.17, 15) is 0 Å². The van der Waals surface area contributed by atoms with Crippen LogP contribution in [0.5, 0.6) is 0 Å². The third-order valence-electron chi connectivity index (χ3n) is 2.18. The number of rotatable bonds is 6. The Morgan fingerprint density at radius 3 is 2.47 bits per heavy atom. The largest absolute Gasteiger partial charge is 0.370 e. The van der Waals surface area contributed by atoms with Crippen LogP contribution < -0.4 is 16.4 Å². The molecule has 0 aromatic carbocycles. The van der Waals surface area contributed by atoms with Crippen LogP contribution in [0.2, 0.25) is 0 Å². The van der Waals surface area contributed by atoms with Crippen molar-refractivity contribution in [3.8, 4) is 0 Å². The maximum absolute atomic E-state index is 5.70. The first kappa shape index (κ1) is 13.7. The van der Waals surface area contributed by atoms with E-state index in [4.69, 9.17) is 5.73 Å². The van der Waals surface area contributed by atoms with Gasteiger partial charge in [-0.3, -0.25) is 0 Å². The summed E-state index contributed by atoms with van der Waals surface area (Å²) in [6, 6.07) is 2.49. The first-order chi connectivity index (χ1) is 7.97. The minimum absolute atomic E-state index is 0.207. The molecule has 0 saturated heterocycles. The number of nitrogens with one attached hydrogen (secondary N) is 2. The molecule has 1 rings (SSSR count). The van der Waals surface area contributed by atoms with Gasteiger partial charge in [-0.25, -0.2) is 9.97 Å². The number of nitrogens with two attached hydrogens (primary N) is 1. The van der Waals surface area contributed by atoms with Gasteiger partial charge in [0.1, 0.15) is 17.5 Å². The molecule has 0 saturated carbocycles. The first-order valence-corrected chi connectivity index (χ1v) is 6.09. The second-order valence-electron chi connectivity index (χ2n) is 4.68. The zero-order valence-corrected chi connectivity index (χ0v) is 11.1. The predicted octanol–water partition coefficient (Wildman–Crippen LogP) is 1.75. The minimum Gasteiger partial charge on any atom is -0.370 e. The van der Waals surface area contributed by atoms with Gasteiger partial charge < -0.3 is 16.4 Å². The van der Waals surface area contributed by atoms with Crippen LogP contribution >= 0.6 is 0 Å². The van der Waals surface area contributed by atoms with E-state index >= 15 is 0 Å². The molecule has 5 heteroatoms. The molecule has 96 valence electrons. The Hall–Kier alpha value is -1.36. The third kappa shape index (κ3) is 5.49. The Kier molecular flexibility index (Phi) is 5.15. The van der Waals surface area contributed by atoms with Crippen LogP contribution in [0.1, 0.15) is 33.0 Å². The van der Waals surface area contributed by atoms with Crippen molar-refractivity contribution in [1.82, 2.24) is 9.97 Å². The highest BCUT2D eigenvalue weighted by Crippen LogP contribution is 2.12. The van der Waals surface area contributed by atoms with Crippen molar-refractivity contribution in [3.63, 3.8) is 0 Å². The lowest BCUT2D eigenvalue weighted by Gasteiger charge is -2.12. The fraction of sp³-hybridized carbons (Fsp3) is 0.667. The summed E-state index contributed by atoms with van der Waals surface area (Å²) in [4.78, 5) is 8.67. The van der Waals surface area contributed by atoms with Gasteiger partial charge >= 0.3 is 0 Å². The lowest BCUT2D eigenvalue weighted by atomic mass is 10.2. The molecule has 0 radical (unpaired) electrons. The SMILES string of the molecule is Cc1nc(NCCC(C)N)cc(NC(C)C)n1. The summed E-state index contributed by atoms with van der Waals surface area (Å²) >= 11 is 0. The molecule has 0 aliphatic heterocycles. The van der Waals surface area contributed by atoms with Crippen molar-refractivity contribution in [3.05, 3.63) is 11.9 Å². The summed E-state index contributed by atoms with van der Waals surface area (Å²) in [6.45, 7) is 8.89. The van der Waals surface area contributed by atoms with Gasteiger partial charge in [-0.05, 0) is 34.1 Å². The summed E-state index contributed by atoms with van der Waals surface area (Å²) in [6.07, 6.45) is 0.927. The van der Waals surface area contributed by atoms with Crippen molar-refractivity contribution in [2.75, 3.05) is 17.2 Å². The van der Waals surface area contributed by atoms with Crippen molar-refractivity contribution in [2.45, 2.75) is 46.2 Å². The van der Waals surface area contributed by atoms with Gasteiger partial charge in [-0.15, -0.1) is 0 Å². The average molecular weight is 237 g/mol. The molecule has 0 fully saturated rings. The van der Waals surface area contributed by atoms with Crippen LogP contribution in [0.4, 0.5) is 11.6 Å². The molecular weight excluding hydrogens is 214 g/mol. The van der Waals surface area contributed by atoms with E-state index in [1.54, 1.807) is 0 Å². The van der Waals surface area contributed by atoms with Crippen LogP contribution in [0.25, 0.3) is 0 Å². The molecule has 1 unspecified atom stereocenters. The second kappa shape index (κ2) is 6.39. The van der Waals surface area contributed by atoms with Gasteiger partial charge in [0.15, 0.2) is 0 Å². The van der Waals surface area contributed by atoms with E-state index in [1.165, 1.54) is 0 Å². The van der Waals surface area contributed by atoms with Crippen molar-refractivity contribution >= 4 is 11.6 Å². The maximum Gasteiger partial charge on any atom is 0.131 e. The Morgan fingerprint density at radius 1 is 1.24 bits per heavy atom. The summed E-state index contributed by atoms with van der Waals surface area (Å²) in [7, 11) is 0. The molecule has 1 aromatic rings. The molecule has 1 aromatic heterocycles. The summed E-state index contributed by atoms with van der Waals surface area (Å²) < 4.78 is 0.